The fourth-order valence-electron chi connectivity index (χ4n) is 4.11. The molecule has 154 valence electrons. The first kappa shape index (κ1) is 19.5. The minimum absolute atomic E-state index is 0.0397. The lowest BCUT2D eigenvalue weighted by Gasteiger charge is -2.47. The molecule has 1 aromatic carbocycles. The van der Waals surface area contributed by atoms with Gasteiger partial charge in [-0.15, -0.1) is 0 Å². The van der Waals surface area contributed by atoms with Gasteiger partial charge >= 0.3 is 0 Å². The first-order valence-electron chi connectivity index (χ1n) is 9.87. The zero-order valence-corrected chi connectivity index (χ0v) is 17.6. The standard InChI is InChI=1S/C22H28N4O3/c1-14-16(24-15-6-7-17-18(10-15)28-11-20(27)25-17)8-9-19(23-14)26-12-21(2,3)29-22(4,5)13-26/h6-10,24H,11-13H2,1-5H3,(H,25,27). The number of morpholine rings is 1. The third kappa shape index (κ3) is 4.29. The highest BCUT2D eigenvalue weighted by Crippen LogP contribution is 2.34. The molecule has 7 heteroatoms. The Bertz CT molecular complexity index is 939. The maximum absolute atomic E-state index is 11.4. The average molecular weight is 396 g/mol. The van der Waals surface area contributed by atoms with Gasteiger partial charge in [-0.2, -0.15) is 0 Å². The summed E-state index contributed by atoms with van der Waals surface area (Å²) in [6, 6.07) is 9.73. The van der Waals surface area contributed by atoms with Crippen molar-refractivity contribution in [2.75, 3.05) is 35.2 Å². The van der Waals surface area contributed by atoms with Gasteiger partial charge in [-0.1, -0.05) is 0 Å². The average Bonchev–Trinajstić information content (AvgIpc) is 2.61. The topological polar surface area (TPSA) is 75.7 Å². The first-order chi connectivity index (χ1) is 13.6. The summed E-state index contributed by atoms with van der Waals surface area (Å²) in [7, 11) is 0. The molecule has 0 saturated carbocycles. The van der Waals surface area contributed by atoms with Gasteiger partial charge < -0.3 is 25.0 Å². The molecule has 1 fully saturated rings. The Morgan fingerprint density at radius 1 is 1.10 bits per heavy atom. The van der Waals surface area contributed by atoms with Gasteiger partial charge in [-0.25, -0.2) is 4.98 Å². The second-order valence-corrected chi connectivity index (χ2v) is 8.95. The number of amides is 1. The molecular weight excluding hydrogens is 368 g/mol. The van der Waals surface area contributed by atoms with Gasteiger partial charge in [0.25, 0.3) is 5.91 Å². The van der Waals surface area contributed by atoms with Crippen molar-refractivity contribution in [3.05, 3.63) is 36.0 Å². The third-order valence-corrected chi connectivity index (χ3v) is 4.98. The molecule has 1 amide bonds. The molecule has 1 aromatic heterocycles. The maximum atomic E-state index is 11.4. The number of hydrogen-bond donors (Lipinski definition) is 2. The number of nitrogens with zero attached hydrogens (tertiary/aromatic N) is 2. The summed E-state index contributed by atoms with van der Waals surface area (Å²) in [6.45, 7) is 12.1. The molecule has 0 spiro atoms. The molecule has 3 heterocycles. The smallest absolute Gasteiger partial charge is 0.262 e. The number of fused-ring (bicyclic) bond motifs is 1. The van der Waals surface area contributed by atoms with Crippen molar-refractivity contribution >= 4 is 28.8 Å². The van der Waals surface area contributed by atoms with Crippen LogP contribution in [0.3, 0.4) is 0 Å². The summed E-state index contributed by atoms with van der Waals surface area (Å²) in [5.74, 6) is 1.48. The Hall–Kier alpha value is -2.80. The SMILES string of the molecule is Cc1nc(N2CC(C)(C)OC(C)(C)C2)ccc1Nc1ccc2c(c1)OCC(=O)N2. The fourth-order valence-corrected chi connectivity index (χ4v) is 4.11. The second-order valence-electron chi connectivity index (χ2n) is 8.95. The number of aromatic nitrogens is 1. The molecule has 2 aliphatic heterocycles. The van der Waals surface area contributed by atoms with Crippen molar-refractivity contribution in [3.63, 3.8) is 0 Å². The van der Waals surface area contributed by atoms with Gasteiger partial charge in [-0.3, -0.25) is 4.79 Å². The fraction of sp³-hybridized carbons (Fsp3) is 0.455. The summed E-state index contributed by atoms with van der Waals surface area (Å²) in [5.41, 5.74) is 2.96. The highest BCUT2D eigenvalue weighted by atomic mass is 16.5. The van der Waals surface area contributed by atoms with Crippen LogP contribution in [0, 0.1) is 6.92 Å². The number of anilines is 4. The number of benzene rings is 1. The van der Waals surface area contributed by atoms with Crippen molar-refractivity contribution in [1.29, 1.82) is 0 Å². The minimum Gasteiger partial charge on any atom is -0.482 e. The molecule has 2 aliphatic rings. The summed E-state index contributed by atoms with van der Waals surface area (Å²) < 4.78 is 11.7. The number of aryl methyl sites for hydroxylation is 1. The zero-order chi connectivity index (χ0) is 20.8. The van der Waals surface area contributed by atoms with Gasteiger partial charge in [0.1, 0.15) is 11.6 Å². The van der Waals surface area contributed by atoms with Crippen LogP contribution in [0.25, 0.3) is 0 Å². The van der Waals surface area contributed by atoms with Crippen LogP contribution in [-0.4, -0.2) is 41.8 Å². The van der Waals surface area contributed by atoms with Crippen LogP contribution < -0.4 is 20.3 Å². The number of ether oxygens (including phenoxy) is 2. The highest BCUT2D eigenvalue weighted by molar-refractivity contribution is 5.95. The van der Waals surface area contributed by atoms with Crippen LogP contribution in [0.1, 0.15) is 33.4 Å². The van der Waals surface area contributed by atoms with E-state index in [9.17, 15) is 4.79 Å². The lowest BCUT2D eigenvalue weighted by molar-refractivity contribution is -0.133. The molecule has 29 heavy (non-hydrogen) atoms. The van der Waals surface area contributed by atoms with Gasteiger partial charge in [-0.05, 0) is 58.9 Å². The van der Waals surface area contributed by atoms with E-state index in [-0.39, 0.29) is 23.7 Å². The maximum Gasteiger partial charge on any atom is 0.262 e. The van der Waals surface area contributed by atoms with E-state index >= 15 is 0 Å². The van der Waals surface area contributed by atoms with Crippen molar-refractivity contribution < 1.29 is 14.3 Å². The zero-order valence-electron chi connectivity index (χ0n) is 17.6. The van der Waals surface area contributed by atoms with E-state index in [1.807, 2.05) is 31.2 Å². The van der Waals surface area contributed by atoms with Crippen LogP contribution in [0.5, 0.6) is 5.75 Å². The van der Waals surface area contributed by atoms with Crippen molar-refractivity contribution in [2.24, 2.45) is 0 Å². The quantitative estimate of drug-likeness (QED) is 0.821. The third-order valence-electron chi connectivity index (χ3n) is 4.98. The second kappa shape index (κ2) is 6.91. The van der Waals surface area contributed by atoms with Crippen LogP contribution in [0.15, 0.2) is 30.3 Å². The molecule has 0 atom stereocenters. The van der Waals surface area contributed by atoms with Crippen LogP contribution in [0.2, 0.25) is 0 Å². The highest BCUT2D eigenvalue weighted by Gasteiger charge is 2.38. The summed E-state index contributed by atoms with van der Waals surface area (Å²) in [5, 5.41) is 6.20. The molecule has 0 radical (unpaired) electrons. The first-order valence-corrected chi connectivity index (χ1v) is 9.87. The monoisotopic (exact) mass is 396 g/mol. The predicted octanol–water partition coefficient (Wildman–Crippen LogP) is 3.86. The number of hydrogen-bond acceptors (Lipinski definition) is 6. The number of carbonyl (C=O) groups is 1. The molecule has 0 aliphatic carbocycles. The Morgan fingerprint density at radius 2 is 1.83 bits per heavy atom. The van der Waals surface area contributed by atoms with Crippen LogP contribution in [-0.2, 0) is 9.53 Å². The Balaban J connectivity index is 1.53. The Labute approximate surface area is 171 Å². The van der Waals surface area contributed by atoms with Crippen LogP contribution in [0.4, 0.5) is 22.9 Å². The lowest BCUT2D eigenvalue weighted by atomic mass is 9.99. The van der Waals surface area contributed by atoms with E-state index in [1.54, 1.807) is 0 Å². The minimum atomic E-state index is -0.229. The number of carbonyl (C=O) groups excluding carboxylic acids is 1. The number of pyridine rings is 1. The van der Waals surface area contributed by atoms with Gasteiger partial charge in [0.2, 0.25) is 0 Å². The van der Waals surface area contributed by atoms with Crippen molar-refractivity contribution in [3.8, 4) is 5.75 Å². The summed E-state index contributed by atoms with van der Waals surface area (Å²) >= 11 is 0. The molecule has 1 saturated heterocycles. The van der Waals surface area contributed by atoms with Crippen molar-refractivity contribution in [1.82, 2.24) is 4.98 Å². The number of nitrogens with one attached hydrogen (secondary N) is 2. The molecule has 0 unspecified atom stereocenters. The Kier molecular flexibility index (Phi) is 4.65. The van der Waals surface area contributed by atoms with Gasteiger partial charge in [0.05, 0.1) is 28.3 Å². The van der Waals surface area contributed by atoms with E-state index in [4.69, 9.17) is 14.5 Å². The molecular formula is C22H28N4O3. The van der Waals surface area contributed by atoms with E-state index in [1.165, 1.54) is 0 Å². The largest absolute Gasteiger partial charge is 0.482 e. The van der Waals surface area contributed by atoms with E-state index in [0.717, 1.165) is 36.0 Å². The van der Waals surface area contributed by atoms with E-state index in [2.05, 4.69) is 49.3 Å². The van der Waals surface area contributed by atoms with Crippen LogP contribution >= 0.6 is 0 Å². The van der Waals surface area contributed by atoms with Gasteiger partial charge in [0, 0.05) is 24.8 Å². The Morgan fingerprint density at radius 3 is 2.52 bits per heavy atom. The van der Waals surface area contributed by atoms with E-state index < -0.39 is 0 Å². The number of rotatable bonds is 3. The summed E-state index contributed by atoms with van der Waals surface area (Å²) in [4.78, 5) is 18.5. The van der Waals surface area contributed by atoms with Crippen molar-refractivity contribution in [2.45, 2.75) is 45.8 Å². The van der Waals surface area contributed by atoms with Gasteiger partial charge in [0.15, 0.2) is 6.61 Å². The predicted molar refractivity (Wildman–Crippen MR) is 114 cm³/mol. The molecule has 2 N–H and O–H groups in total. The summed E-state index contributed by atoms with van der Waals surface area (Å²) in [6.07, 6.45) is 0. The molecule has 7 nitrogen and oxygen atoms in total. The lowest BCUT2D eigenvalue weighted by Crippen LogP contribution is -2.57. The molecule has 2 aromatic rings. The molecule has 4 rings (SSSR count). The molecule has 0 bridgehead atoms. The normalized spacial score (nSPS) is 19.8. The van der Waals surface area contributed by atoms with E-state index in [0.29, 0.717) is 11.4 Å².